The fourth-order valence-corrected chi connectivity index (χ4v) is 19.8. The van der Waals surface area contributed by atoms with Crippen molar-refractivity contribution in [2.24, 2.45) is 52.8 Å². The summed E-state index contributed by atoms with van der Waals surface area (Å²) >= 11 is 0. The number of benzene rings is 3. The van der Waals surface area contributed by atoms with E-state index in [0.29, 0.717) is 77.8 Å². The van der Waals surface area contributed by atoms with Crippen LogP contribution in [-0.4, -0.2) is 110 Å². The third-order valence-electron chi connectivity index (χ3n) is 24.4. The Kier molecular flexibility index (Phi) is 17.2. The number of aromatic hydroxyl groups is 1. The SMILES string of the molecule is CNC[C@H]1CC[C@]2(C#C[C@H]3CC[C@@H]4O[C@H](CC[C@@H]4C3)[C@H](O)[C@](C)(O)CNc3cc(cc([C@H]4C#C[C@@H]5CC(=O)Oc6c5cc(c(O)c6C5CCCCC5)C[C@H]5OC(=O)/C(=C\[C@H](O)Cc6cccc(c6)C[C@@H]6C(=O)CC[C@@H]7[C@@H]6C[C@@H]6CCCC[C@H]6[C@]75O)C4)c3)[C@H]2O)C1. The van der Waals surface area contributed by atoms with Crippen LogP contribution in [-0.2, 0) is 43.1 Å². The molecule has 19 atom stereocenters. The minimum absolute atomic E-state index is 0.0240. The zero-order valence-corrected chi connectivity index (χ0v) is 52.7. The van der Waals surface area contributed by atoms with Gasteiger partial charge in [-0.15, -0.1) is 0 Å². The van der Waals surface area contributed by atoms with Crippen LogP contribution in [0.4, 0.5) is 5.69 Å². The molecule has 0 unspecified atom stereocenters. The molecule has 16 rings (SSSR count). The van der Waals surface area contributed by atoms with Crippen molar-refractivity contribution in [2.75, 3.05) is 25.5 Å². The van der Waals surface area contributed by atoms with Crippen LogP contribution in [0.1, 0.15) is 211 Å². The molecule has 6 saturated carbocycles. The number of Topliss-reactive ketones (excluding diaryl/α,β-unsaturated/α-hetero) is 1. The Hall–Kier alpha value is -5.55. The second kappa shape index (κ2) is 25.1. The summed E-state index contributed by atoms with van der Waals surface area (Å²) in [6.07, 6.45) is 12.2. The van der Waals surface area contributed by atoms with E-state index in [1.165, 1.54) is 0 Å². The Bertz CT molecular complexity index is 3420. The van der Waals surface area contributed by atoms with Gasteiger partial charge in [-0.3, -0.25) is 9.59 Å². The quantitative estimate of drug-likeness (QED) is 0.0692. The van der Waals surface area contributed by atoms with Gasteiger partial charge in [0.1, 0.15) is 40.7 Å². The van der Waals surface area contributed by atoms with Crippen molar-refractivity contribution in [1.29, 1.82) is 0 Å². The maximum atomic E-state index is 16.2. The largest absolute Gasteiger partial charge is 0.507 e. The van der Waals surface area contributed by atoms with E-state index in [1.54, 1.807) is 13.0 Å². The highest BCUT2D eigenvalue weighted by Gasteiger charge is 2.62. The predicted molar refractivity (Wildman–Crippen MR) is 340 cm³/mol. The molecule has 8 N–H and O–H groups in total. The van der Waals surface area contributed by atoms with Crippen LogP contribution in [0.2, 0.25) is 0 Å². The number of carbonyl (C=O) groups excluding carboxylic acids is 3. The van der Waals surface area contributed by atoms with Gasteiger partial charge in [-0.25, -0.2) is 4.79 Å². The van der Waals surface area contributed by atoms with E-state index < -0.39 is 76.8 Å². The maximum absolute atomic E-state index is 16.2. The van der Waals surface area contributed by atoms with Gasteiger partial charge in [-0.05, 0) is 210 Å². The second-order valence-electron chi connectivity index (χ2n) is 30.2. The first kappa shape index (κ1) is 61.9. The normalized spacial score (nSPS) is 39.9. The Morgan fingerprint density at radius 1 is 0.744 bits per heavy atom. The number of fused-ring (bicyclic) bond motifs is 11. The number of anilines is 1. The number of aliphatic hydroxyl groups excluding tert-OH is 3. The Morgan fingerprint density at radius 3 is 2.36 bits per heavy atom. The standard InChI is InChI=1S/C76H94N2O12/c1-74(86)42-78-56-33-52(32-54(34-56)71(83)75(26-24-46(40-75)41-77-2)25-23-43-15-21-64-51(28-43)18-22-65(88-64)72(74)84)48-16-17-49-39-67(81)90-70-58(49)37-53(69(82)68(70)47-11-4-3-5-12-47)38-66-76(87)61-14-7-6-13-50(61)36-59-60(63(80)20-19-62(59)76)30-45-10-8-9-44(27-45)29-57(79)35-55(31-48)73(85)89-66/h8-10,27,32-35,37,43,46-51,57,59-62,64-66,71-72,77-79,82-84,86-87H,3-7,11-15,18-22,24,26,28-31,36,38-42H2,1-2H3/b55-35-/t43-,46+,48+,49-,50+,51-,57-,59-,60+,61-,62-,64+,65-,66-,71-,72+,74-,75-,76+/m1/s1. The van der Waals surface area contributed by atoms with Crippen molar-refractivity contribution in [1.82, 2.24) is 5.32 Å². The predicted octanol–water partition coefficient (Wildman–Crippen LogP) is 10.3. The molecule has 6 aliphatic carbocycles. The van der Waals surface area contributed by atoms with Crippen LogP contribution in [0.25, 0.3) is 0 Å². The number of nitrogens with one attached hydrogen (secondary N) is 2. The molecule has 16 bridgehead atoms. The molecule has 480 valence electrons. The van der Waals surface area contributed by atoms with Crippen LogP contribution in [0, 0.1) is 76.4 Å². The van der Waals surface area contributed by atoms with E-state index in [2.05, 4.69) is 46.4 Å². The number of ketones is 1. The number of phenolic OH excluding ortho intramolecular Hbond substituents is 1. The number of phenols is 1. The lowest BCUT2D eigenvalue weighted by atomic mass is 9.48. The van der Waals surface area contributed by atoms with Crippen LogP contribution in [0.3, 0.4) is 0 Å². The van der Waals surface area contributed by atoms with Crippen LogP contribution in [0.15, 0.2) is 60.2 Å². The van der Waals surface area contributed by atoms with E-state index >= 15 is 4.79 Å². The molecule has 14 nitrogen and oxygen atoms in total. The zero-order valence-electron chi connectivity index (χ0n) is 52.7. The maximum Gasteiger partial charge on any atom is 0.334 e. The lowest BCUT2D eigenvalue weighted by Gasteiger charge is -2.59. The number of hydrogen-bond donors (Lipinski definition) is 8. The molecule has 0 aromatic heterocycles. The minimum atomic E-state index is -1.66. The van der Waals surface area contributed by atoms with Crippen molar-refractivity contribution >= 4 is 23.4 Å². The first-order chi connectivity index (χ1) is 43.4. The van der Waals surface area contributed by atoms with Gasteiger partial charge in [0.2, 0.25) is 0 Å². The van der Waals surface area contributed by atoms with E-state index in [1.807, 2.05) is 43.4 Å². The number of ether oxygens (including phenoxy) is 3. The van der Waals surface area contributed by atoms with Gasteiger partial charge in [0, 0.05) is 65.9 Å². The Balaban J connectivity index is 0.965. The Morgan fingerprint density at radius 2 is 1.52 bits per heavy atom. The highest BCUT2D eigenvalue weighted by atomic mass is 16.6. The van der Waals surface area contributed by atoms with Gasteiger partial charge in [0.25, 0.3) is 0 Å². The number of aliphatic hydroxyl groups is 5. The smallest absolute Gasteiger partial charge is 0.334 e. The lowest BCUT2D eigenvalue weighted by molar-refractivity contribution is -0.228. The van der Waals surface area contributed by atoms with Crippen molar-refractivity contribution in [3.63, 3.8) is 0 Å². The van der Waals surface area contributed by atoms with E-state index in [0.717, 1.165) is 108 Å². The summed E-state index contributed by atoms with van der Waals surface area (Å²) in [6.45, 7) is 2.32. The summed E-state index contributed by atoms with van der Waals surface area (Å²) in [5.74, 6) is 11.7. The summed E-state index contributed by atoms with van der Waals surface area (Å²) in [4.78, 5) is 44.9. The van der Waals surface area contributed by atoms with Crippen molar-refractivity contribution < 1.29 is 59.2 Å². The first-order valence-corrected chi connectivity index (χ1v) is 34.8. The molecular formula is C76H94N2O12. The molecule has 1 saturated heterocycles. The number of hydrogen-bond acceptors (Lipinski definition) is 14. The van der Waals surface area contributed by atoms with Crippen molar-refractivity contribution in [2.45, 2.75) is 233 Å². The average Bonchev–Trinajstić information content (AvgIpc) is 0.793. The van der Waals surface area contributed by atoms with E-state index in [-0.39, 0.29) is 109 Å². The van der Waals surface area contributed by atoms with Crippen molar-refractivity contribution in [3.8, 4) is 35.2 Å². The molecule has 13 aliphatic rings. The lowest BCUT2D eigenvalue weighted by Crippen LogP contribution is -2.65. The molecule has 3 aromatic rings. The van der Waals surface area contributed by atoms with Gasteiger partial charge >= 0.3 is 11.9 Å². The highest BCUT2D eigenvalue weighted by Crippen LogP contribution is 2.60. The molecule has 7 heterocycles. The van der Waals surface area contributed by atoms with Crippen LogP contribution < -0.4 is 15.4 Å². The summed E-state index contributed by atoms with van der Waals surface area (Å²) in [5.41, 5.74) is 1.21. The van der Waals surface area contributed by atoms with Gasteiger partial charge in [0.05, 0.1) is 42.2 Å². The van der Waals surface area contributed by atoms with Gasteiger partial charge in [-0.2, -0.15) is 0 Å². The monoisotopic (exact) mass is 1230 g/mol. The van der Waals surface area contributed by atoms with E-state index in [4.69, 9.17) is 14.2 Å². The van der Waals surface area contributed by atoms with Gasteiger partial charge < -0.3 is 55.5 Å². The molecule has 90 heavy (non-hydrogen) atoms. The molecule has 1 spiro atoms. The topological polar surface area (TPSA) is 224 Å². The molecule has 7 aliphatic heterocycles. The molecule has 0 amide bonds. The minimum Gasteiger partial charge on any atom is -0.507 e. The molecule has 0 radical (unpaired) electrons. The first-order valence-electron chi connectivity index (χ1n) is 34.8. The fourth-order valence-electron chi connectivity index (χ4n) is 19.8. The number of rotatable bonds is 4. The van der Waals surface area contributed by atoms with Crippen molar-refractivity contribution in [3.05, 3.63) is 99.1 Å². The summed E-state index contributed by atoms with van der Waals surface area (Å²) < 4.78 is 20.1. The second-order valence-corrected chi connectivity index (χ2v) is 30.2. The number of carbonyl (C=O) groups is 3. The third-order valence-corrected chi connectivity index (χ3v) is 24.4. The van der Waals surface area contributed by atoms with Crippen LogP contribution in [0.5, 0.6) is 11.5 Å². The zero-order chi connectivity index (χ0) is 62.2. The molecule has 7 fully saturated rings. The van der Waals surface area contributed by atoms with Gasteiger partial charge in [0.15, 0.2) is 0 Å². The molecule has 14 heteroatoms. The third kappa shape index (κ3) is 11.8. The van der Waals surface area contributed by atoms with Crippen LogP contribution >= 0.6 is 0 Å². The highest BCUT2D eigenvalue weighted by molar-refractivity contribution is 5.89. The summed E-state index contributed by atoms with van der Waals surface area (Å²) in [5, 5.41) is 84.6. The number of esters is 2. The average molecular weight is 1230 g/mol. The fraction of sp³-hybridized carbons (Fsp3) is 0.645. The molecular weight excluding hydrogens is 1130 g/mol. The van der Waals surface area contributed by atoms with E-state index in [9.17, 15) is 40.2 Å². The summed E-state index contributed by atoms with van der Waals surface area (Å²) in [6, 6.07) is 15.7. The van der Waals surface area contributed by atoms with Gasteiger partial charge in [-0.1, -0.05) is 92.5 Å². The Labute approximate surface area is 531 Å². The summed E-state index contributed by atoms with van der Waals surface area (Å²) in [7, 11) is 1.96. The molecule has 3 aromatic carbocycles.